The molecule has 0 bridgehead atoms. The first-order valence-electron chi connectivity index (χ1n) is 4.58. The first kappa shape index (κ1) is 11.5. The van der Waals surface area contributed by atoms with Crippen molar-refractivity contribution in [3.05, 3.63) is 23.4 Å². The summed E-state index contributed by atoms with van der Waals surface area (Å²) < 4.78 is 10.2. The third-order valence-electron chi connectivity index (χ3n) is 1.92. The average molecular weight is 209 g/mol. The molecule has 0 saturated heterocycles. The molecular weight excluding hydrogens is 194 g/mol. The van der Waals surface area contributed by atoms with Gasteiger partial charge in [-0.2, -0.15) is 0 Å². The van der Waals surface area contributed by atoms with E-state index in [1.165, 1.54) is 0 Å². The van der Waals surface area contributed by atoms with Gasteiger partial charge in [0.15, 0.2) is 0 Å². The fourth-order valence-corrected chi connectivity index (χ4v) is 1.19. The number of methoxy groups -OCH3 is 1. The van der Waals surface area contributed by atoms with E-state index in [0.29, 0.717) is 24.7 Å². The number of nitrogen functional groups attached to an aromatic ring is 1. The maximum atomic E-state index is 7.42. The van der Waals surface area contributed by atoms with Crippen LogP contribution in [0.3, 0.4) is 0 Å². The second-order valence-corrected chi connectivity index (χ2v) is 3.06. The van der Waals surface area contributed by atoms with Crippen LogP contribution in [0.5, 0.6) is 5.88 Å². The van der Waals surface area contributed by atoms with Gasteiger partial charge in [0.2, 0.25) is 5.88 Å². The van der Waals surface area contributed by atoms with E-state index >= 15 is 0 Å². The van der Waals surface area contributed by atoms with Crippen LogP contribution in [0, 0.1) is 12.3 Å². The van der Waals surface area contributed by atoms with Gasteiger partial charge in [-0.25, -0.2) is 4.98 Å². The number of rotatable bonds is 5. The van der Waals surface area contributed by atoms with Crippen molar-refractivity contribution in [2.45, 2.75) is 6.92 Å². The van der Waals surface area contributed by atoms with Gasteiger partial charge in [-0.1, -0.05) is 0 Å². The Kier molecular flexibility index (Phi) is 4.05. The van der Waals surface area contributed by atoms with Gasteiger partial charge in [-0.05, 0) is 18.6 Å². The van der Waals surface area contributed by atoms with Crippen molar-refractivity contribution in [3.8, 4) is 5.88 Å². The molecule has 0 aliphatic heterocycles. The molecule has 5 nitrogen and oxygen atoms in total. The lowest BCUT2D eigenvalue weighted by Crippen LogP contribution is -2.17. The van der Waals surface area contributed by atoms with Crippen LogP contribution >= 0.6 is 0 Å². The van der Waals surface area contributed by atoms with E-state index in [0.717, 1.165) is 5.56 Å². The Morgan fingerprint density at radius 2 is 2.27 bits per heavy atom. The molecule has 0 aliphatic rings. The fraction of sp³-hybridized carbons (Fsp3) is 0.400. The minimum Gasteiger partial charge on any atom is -0.475 e. The largest absolute Gasteiger partial charge is 0.475 e. The molecule has 0 aliphatic carbocycles. The third kappa shape index (κ3) is 2.92. The Labute approximate surface area is 88.7 Å². The molecule has 5 heteroatoms. The predicted molar refractivity (Wildman–Crippen MR) is 57.4 cm³/mol. The zero-order chi connectivity index (χ0) is 11.3. The topological polar surface area (TPSA) is 81.2 Å². The highest BCUT2D eigenvalue weighted by atomic mass is 16.5. The zero-order valence-electron chi connectivity index (χ0n) is 8.91. The van der Waals surface area contributed by atoms with Crippen molar-refractivity contribution in [2.24, 2.45) is 5.73 Å². The number of ether oxygens (including phenoxy) is 2. The zero-order valence-corrected chi connectivity index (χ0v) is 8.91. The fourth-order valence-electron chi connectivity index (χ4n) is 1.19. The third-order valence-corrected chi connectivity index (χ3v) is 1.92. The number of amidine groups is 1. The Bertz CT molecular complexity index is 353. The molecule has 1 aromatic heterocycles. The summed E-state index contributed by atoms with van der Waals surface area (Å²) in [6, 6.07) is 1.79. The Morgan fingerprint density at radius 1 is 1.53 bits per heavy atom. The van der Waals surface area contributed by atoms with Crippen molar-refractivity contribution in [1.82, 2.24) is 4.98 Å². The summed E-state index contributed by atoms with van der Waals surface area (Å²) in [4.78, 5) is 4.03. The maximum absolute atomic E-state index is 7.42. The van der Waals surface area contributed by atoms with E-state index in [2.05, 4.69) is 4.98 Å². The van der Waals surface area contributed by atoms with Crippen molar-refractivity contribution in [2.75, 3.05) is 20.3 Å². The number of hydrogen-bond acceptors (Lipinski definition) is 4. The molecule has 0 fully saturated rings. The van der Waals surface area contributed by atoms with Gasteiger partial charge in [0.05, 0.1) is 12.2 Å². The summed E-state index contributed by atoms with van der Waals surface area (Å²) in [7, 11) is 1.60. The van der Waals surface area contributed by atoms with Crippen LogP contribution < -0.4 is 10.5 Å². The lowest BCUT2D eigenvalue weighted by molar-refractivity contribution is 0.143. The molecule has 1 heterocycles. The molecule has 82 valence electrons. The lowest BCUT2D eigenvalue weighted by Gasteiger charge is -2.10. The minimum atomic E-state index is -0.0342. The highest BCUT2D eigenvalue weighted by Crippen LogP contribution is 2.17. The number of pyridine rings is 1. The predicted octanol–water partition coefficient (Wildman–Crippen LogP) is 0.699. The molecular formula is C10H15N3O2. The normalized spacial score (nSPS) is 10.0. The summed E-state index contributed by atoms with van der Waals surface area (Å²) in [5, 5.41) is 7.42. The Morgan fingerprint density at radius 3 is 2.87 bits per heavy atom. The summed E-state index contributed by atoms with van der Waals surface area (Å²) in [6.45, 7) is 2.74. The van der Waals surface area contributed by atoms with Crippen molar-refractivity contribution >= 4 is 5.84 Å². The number of hydrogen-bond donors (Lipinski definition) is 2. The van der Waals surface area contributed by atoms with Gasteiger partial charge >= 0.3 is 0 Å². The van der Waals surface area contributed by atoms with E-state index in [1.54, 1.807) is 19.4 Å². The van der Waals surface area contributed by atoms with Gasteiger partial charge in [0, 0.05) is 13.3 Å². The van der Waals surface area contributed by atoms with Crippen molar-refractivity contribution in [1.29, 1.82) is 5.41 Å². The number of nitrogens with one attached hydrogen (secondary N) is 1. The first-order valence-corrected chi connectivity index (χ1v) is 4.58. The molecule has 0 spiro atoms. The summed E-state index contributed by atoms with van der Waals surface area (Å²) >= 11 is 0. The van der Waals surface area contributed by atoms with Gasteiger partial charge in [-0.15, -0.1) is 0 Å². The van der Waals surface area contributed by atoms with Crippen LogP contribution in [0.15, 0.2) is 12.3 Å². The second-order valence-electron chi connectivity index (χ2n) is 3.06. The Balaban J connectivity index is 2.86. The van der Waals surface area contributed by atoms with Gasteiger partial charge in [0.1, 0.15) is 12.4 Å². The number of nitrogens with zero attached hydrogens (tertiary/aromatic N) is 1. The number of aryl methyl sites for hydroxylation is 1. The quantitative estimate of drug-likeness (QED) is 0.425. The molecule has 15 heavy (non-hydrogen) atoms. The van der Waals surface area contributed by atoms with E-state index in [4.69, 9.17) is 20.6 Å². The number of nitrogens with two attached hydrogens (primary N) is 1. The van der Waals surface area contributed by atoms with Crippen molar-refractivity contribution in [3.63, 3.8) is 0 Å². The highest BCUT2D eigenvalue weighted by molar-refractivity contribution is 5.98. The van der Waals surface area contributed by atoms with Gasteiger partial charge in [-0.3, -0.25) is 5.41 Å². The van der Waals surface area contributed by atoms with Crippen molar-refractivity contribution < 1.29 is 9.47 Å². The molecule has 0 unspecified atom stereocenters. The maximum Gasteiger partial charge on any atom is 0.224 e. The second kappa shape index (κ2) is 5.31. The van der Waals surface area contributed by atoms with Crippen LogP contribution in [-0.4, -0.2) is 31.1 Å². The summed E-state index contributed by atoms with van der Waals surface area (Å²) in [6.07, 6.45) is 1.63. The summed E-state index contributed by atoms with van der Waals surface area (Å²) in [5.41, 5.74) is 6.88. The molecule has 1 rings (SSSR count). The lowest BCUT2D eigenvalue weighted by atomic mass is 10.1. The van der Waals surface area contributed by atoms with Crippen LogP contribution in [-0.2, 0) is 4.74 Å². The van der Waals surface area contributed by atoms with E-state index in [-0.39, 0.29) is 5.84 Å². The first-order chi connectivity index (χ1) is 7.16. The summed E-state index contributed by atoms with van der Waals surface area (Å²) in [5.74, 6) is 0.354. The average Bonchev–Trinajstić information content (AvgIpc) is 2.17. The van der Waals surface area contributed by atoms with Crippen LogP contribution in [0.25, 0.3) is 0 Å². The monoisotopic (exact) mass is 209 g/mol. The van der Waals surface area contributed by atoms with Crippen LogP contribution in [0.4, 0.5) is 0 Å². The molecule has 0 aromatic carbocycles. The minimum absolute atomic E-state index is 0.0342. The Hall–Kier alpha value is -1.62. The van der Waals surface area contributed by atoms with Crippen LogP contribution in [0.2, 0.25) is 0 Å². The molecule has 3 N–H and O–H groups in total. The van der Waals surface area contributed by atoms with E-state index in [1.807, 2.05) is 6.92 Å². The highest BCUT2D eigenvalue weighted by Gasteiger charge is 2.10. The smallest absolute Gasteiger partial charge is 0.224 e. The van der Waals surface area contributed by atoms with Gasteiger partial charge < -0.3 is 15.2 Å². The molecule has 0 atom stereocenters. The number of aromatic nitrogens is 1. The molecule has 0 radical (unpaired) electrons. The van der Waals surface area contributed by atoms with Crippen LogP contribution in [0.1, 0.15) is 11.1 Å². The molecule has 1 aromatic rings. The van der Waals surface area contributed by atoms with E-state index in [9.17, 15) is 0 Å². The standard InChI is InChI=1S/C10H15N3O2/c1-7-3-4-13-10(8(7)9(11)12)15-6-5-14-2/h3-4H,5-6H2,1-2H3,(H3,11,12). The van der Waals surface area contributed by atoms with E-state index < -0.39 is 0 Å². The van der Waals surface area contributed by atoms with Gasteiger partial charge in [0.25, 0.3) is 0 Å². The molecule has 0 saturated carbocycles. The molecule has 0 amide bonds. The SMILES string of the molecule is COCCOc1nccc(C)c1C(=N)N.